The SMILES string of the molecule is COc1ccc(Oc2ccc(N=Cc3cc(Br)c(N(C)C)o3)cc2)cc1. The molecule has 0 fully saturated rings. The van der Waals surface area contributed by atoms with Crippen LogP contribution >= 0.6 is 15.9 Å². The first-order valence-corrected chi connectivity index (χ1v) is 8.77. The molecule has 26 heavy (non-hydrogen) atoms. The number of furan rings is 1. The normalized spacial score (nSPS) is 10.9. The van der Waals surface area contributed by atoms with Gasteiger partial charge in [-0.15, -0.1) is 0 Å². The Bertz CT molecular complexity index is 884. The Kier molecular flexibility index (Phi) is 5.63. The van der Waals surface area contributed by atoms with E-state index in [4.69, 9.17) is 13.9 Å². The van der Waals surface area contributed by atoms with E-state index in [2.05, 4.69) is 20.9 Å². The van der Waals surface area contributed by atoms with E-state index in [9.17, 15) is 0 Å². The number of rotatable bonds is 6. The summed E-state index contributed by atoms with van der Waals surface area (Å²) in [5, 5.41) is 0. The Morgan fingerprint density at radius 3 is 2.08 bits per heavy atom. The van der Waals surface area contributed by atoms with Crippen molar-refractivity contribution in [1.82, 2.24) is 0 Å². The molecule has 3 rings (SSSR count). The molecule has 0 aliphatic carbocycles. The molecule has 1 heterocycles. The zero-order valence-electron chi connectivity index (χ0n) is 14.8. The lowest BCUT2D eigenvalue weighted by Gasteiger charge is -2.07. The maximum Gasteiger partial charge on any atom is 0.210 e. The Hall–Kier alpha value is -2.73. The van der Waals surface area contributed by atoms with Crippen LogP contribution in [0.3, 0.4) is 0 Å². The molecular weight excluding hydrogens is 396 g/mol. The zero-order valence-corrected chi connectivity index (χ0v) is 16.4. The smallest absolute Gasteiger partial charge is 0.210 e. The molecule has 1 aromatic heterocycles. The molecule has 0 N–H and O–H groups in total. The molecule has 6 heteroatoms. The highest BCUT2D eigenvalue weighted by atomic mass is 79.9. The van der Waals surface area contributed by atoms with E-state index in [1.54, 1.807) is 13.3 Å². The average Bonchev–Trinajstić information content (AvgIpc) is 3.03. The number of methoxy groups -OCH3 is 1. The molecule has 0 radical (unpaired) electrons. The third-order valence-electron chi connectivity index (χ3n) is 3.57. The fourth-order valence-electron chi connectivity index (χ4n) is 2.26. The van der Waals surface area contributed by atoms with Gasteiger partial charge < -0.3 is 18.8 Å². The lowest BCUT2D eigenvalue weighted by molar-refractivity contribution is 0.413. The van der Waals surface area contributed by atoms with Crippen molar-refractivity contribution in [2.75, 3.05) is 26.1 Å². The largest absolute Gasteiger partial charge is 0.497 e. The number of aliphatic imine (C=N–C) groups is 1. The van der Waals surface area contributed by atoms with Crippen molar-refractivity contribution >= 4 is 33.7 Å². The van der Waals surface area contributed by atoms with Gasteiger partial charge in [0.1, 0.15) is 23.0 Å². The molecule has 2 aromatic carbocycles. The molecule has 0 saturated carbocycles. The van der Waals surface area contributed by atoms with Crippen LogP contribution in [0.25, 0.3) is 0 Å². The van der Waals surface area contributed by atoms with Crippen molar-refractivity contribution in [3.8, 4) is 17.2 Å². The number of halogens is 1. The highest BCUT2D eigenvalue weighted by Crippen LogP contribution is 2.29. The van der Waals surface area contributed by atoms with Gasteiger partial charge in [-0.3, -0.25) is 4.99 Å². The summed E-state index contributed by atoms with van der Waals surface area (Å²) < 4.78 is 17.5. The number of benzene rings is 2. The molecule has 3 aromatic rings. The number of hydrogen-bond donors (Lipinski definition) is 0. The molecule has 0 aliphatic rings. The van der Waals surface area contributed by atoms with Crippen molar-refractivity contribution in [2.45, 2.75) is 0 Å². The Labute approximate surface area is 161 Å². The quantitative estimate of drug-likeness (QED) is 0.488. The maximum atomic E-state index is 5.80. The minimum atomic E-state index is 0.680. The highest BCUT2D eigenvalue weighted by Gasteiger charge is 2.09. The predicted octanol–water partition coefficient (Wildman–Crippen LogP) is 5.66. The summed E-state index contributed by atoms with van der Waals surface area (Å²) >= 11 is 3.47. The molecule has 0 unspecified atom stereocenters. The summed E-state index contributed by atoms with van der Waals surface area (Å²) in [7, 11) is 5.48. The lowest BCUT2D eigenvalue weighted by atomic mass is 10.3. The molecule has 5 nitrogen and oxygen atoms in total. The van der Waals surface area contributed by atoms with Gasteiger partial charge in [0.25, 0.3) is 0 Å². The molecule has 134 valence electrons. The van der Waals surface area contributed by atoms with Gasteiger partial charge in [-0.25, -0.2) is 0 Å². The average molecular weight is 415 g/mol. The molecule has 0 amide bonds. The number of ether oxygens (including phenoxy) is 2. The van der Waals surface area contributed by atoms with Gasteiger partial charge in [0, 0.05) is 20.2 Å². The van der Waals surface area contributed by atoms with E-state index in [-0.39, 0.29) is 0 Å². The van der Waals surface area contributed by atoms with Crippen LogP contribution in [0.15, 0.2) is 68.5 Å². The number of anilines is 1. The summed E-state index contributed by atoms with van der Waals surface area (Å²) in [6.45, 7) is 0. The number of hydrogen-bond acceptors (Lipinski definition) is 5. The summed E-state index contributed by atoms with van der Waals surface area (Å²) in [5.74, 6) is 3.72. The summed E-state index contributed by atoms with van der Waals surface area (Å²) in [4.78, 5) is 6.33. The van der Waals surface area contributed by atoms with Crippen molar-refractivity contribution in [3.63, 3.8) is 0 Å². The predicted molar refractivity (Wildman–Crippen MR) is 107 cm³/mol. The van der Waals surface area contributed by atoms with Crippen LogP contribution in [0, 0.1) is 0 Å². The van der Waals surface area contributed by atoms with Crippen LogP contribution in [-0.4, -0.2) is 27.4 Å². The maximum absolute atomic E-state index is 5.80. The summed E-state index contributed by atoms with van der Waals surface area (Å²) in [6.07, 6.45) is 1.69. The minimum Gasteiger partial charge on any atom is -0.497 e. The first-order valence-electron chi connectivity index (χ1n) is 7.98. The third kappa shape index (κ3) is 4.46. The Morgan fingerprint density at radius 1 is 0.962 bits per heavy atom. The molecule has 0 atom stereocenters. The second-order valence-corrected chi connectivity index (χ2v) is 6.58. The van der Waals surface area contributed by atoms with Gasteiger partial charge in [-0.05, 0) is 64.5 Å². The van der Waals surface area contributed by atoms with Crippen LogP contribution in [0.2, 0.25) is 0 Å². The van der Waals surface area contributed by atoms with Crippen molar-refractivity contribution in [2.24, 2.45) is 4.99 Å². The van der Waals surface area contributed by atoms with E-state index < -0.39 is 0 Å². The Morgan fingerprint density at radius 2 is 1.54 bits per heavy atom. The van der Waals surface area contributed by atoms with E-state index in [0.29, 0.717) is 5.76 Å². The molecule has 0 bridgehead atoms. The lowest BCUT2D eigenvalue weighted by Crippen LogP contribution is -2.07. The minimum absolute atomic E-state index is 0.680. The van der Waals surface area contributed by atoms with Gasteiger partial charge in [0.15, 0.2) is 0 Å². The Balaban J connectivity index is 1.66. The fraction of sp³-hybridized carbons (Fsp3) is 0.150. The van der Waals surface area contributed by atoms with Crippen LogP contribution in [0.1, 0.15) is 5.76 Å². The van der Waals surface area contributed by atoms with Crippen molar-refractivity contribution < 1.29 is 13.9 Å². The van der Waals surface area contributed by atoms with Gasteiger partial charge in [-0.1, -0.05) is 0 Å². The summed E-state index contributed by atoms with van der Waals surface area (Å²) in [6, 6.07) is 16.9. The van der Waals surface area contributed by atoms with Crippen LogP contribution in [0.4, 0.5) is 11.6 Å². The molecule has 0 aliphatic heterocycles. The topological polar surface area (TPSA) is 47.2 Å². The zero-order chi connectivity index (χ0) is 18.5. The highest BCUT2D eigenvalue weighted by molar-refractivity contribution is 9.10. The molecule has 0 saturated heterocycles. The first-order chi connectivity index (χ1) is 12.5. The molecule has 0 spiro atoms. The second-order valence-electron chi connectivity index (χ2n) is 5.73. The van der Waals surface area contributed by atoms with Crippen LogP contribution < -0.4 is 14.4 Å². The van der Waals surface area contributed by atoms with Crippen LogP contribution in [-0.2, 0) is 0 Å². The monoisotopic (exact) mass is 414 g/mol. The fourth-order valence-corrected chi connectivity index (χ4v) is 2.92. The van der Waals surface area contributed by atoms with E-state index in [1.807, 2.05) is 73.6 Å². The third-order valence-corrected chi connectivity index (χ3v) is 4.13. The van der Waals surface area contributed by atoms with E-state index in [0.717, 1.165) is 33.3 Å². The molecular formula is C20H19BrN2O3. The van der Waals surface area contributed by atoms with Gasteiger partial charge in [0.05, 0.1) is 23.5 Å². The standard InChI is InChI=1S/C20H19BrN2O3/c1-23(2)20-19(21)12-18(26-20)13-22-14-4-6-16(7-5-14)25-17-10-8-15(24-3)9-11-17/h4-13H,1-3H3. The van der Waals surface area contributed by atoms with Gasteiger partial charge in [-0.2, -0.15) is 0 Å². The van der Waals surface area contributed by atoms with E-state index in [1.165, 1.54) is 0 Å². The van der Waals surface area contributed by atoms with Gasteiger partial charge >= 0.3 is 0 Å². The van der Waals surface area contributed by atoms with Crippen LogP contribution in [0.5, 0.6) is 17.2 Å². The number of nitrogens with zero attached hydrogens (tertiary/aromatic N) is 2. The first kappa shape index (κ1) is 18.1. The van der Waals surface area contributed by atoms with Crippen molar-refractivity contribution in [1.29, 1.82) is 0 Å². The van der Waals surface area contributed by atoms with Crippen molar-refractivity contribution in [3.05, 3.63) is 64.8 Å². The van der Waals surface area contributed by atoms with Gasteiger partial charge in [0.2, 0.25) is 5.88 Å². The summed E-state index contributed by atoms with van der Waals surface area (Å²) in [5.41, 5.74) is 0.811. The van der Waals surface area contributed by atoms with E-state index >= 15 is 0 Å². The second kappa shape index (κ2) is 8.10.